The van der Waals surface area contributed by atoms with E-state index in [1.165, 1.54) is 26.4 Å². The molecule has 1 amide bonds. The van der Waals surface area contributed by atoms with Gasteiger partial charge in [0.1, 0.15) is 4.90 Å². The summed E-state index contributed by atoms with van der Waals surface area (Å²) in [5.74, 6) is 0.144. The van der Waals surface area contributed by atoms with E-state index in [1.54, 1.807) is 0 Å². The molecule has 0 atom stereocenters. The number of hydrogen-bond donors (Lipinski definition) is 0. The van der Waals surface area contributed by atoms with E-state index in [-0.39, 0.29) is 16.6 Å². The Labute approximate surface area is 125 Å². The number of amides is 1. The molecule has 116 valence electrons. The predicted molar refractivity (Wildman–Crippen MR) is 81.1 cm³/mol. The lowest BCUT2D eigenvalue weighted by Crippen LogP contribution is -2.43. The highest BCUT2D eigenvalue weighted by atomic mass is 32.2. The van der Waals surface area contributed by atoms with Gasteiger partial charge in [0.2, 0.25) is 0 Å². The van der Waals surface area contributed by atoms with Gasteiger partial charge in [-0.3, -0.25) is 4.79 Å². The topological polar surface area (TPSA) is 72.9 Å². The van der Waals surface area contributed by atoms with Crippen molar-refractivity contribution >= 4 is 24.0 Å². The van der Waals surface area contributed by atoms with Crippen molar-refractivity contribution in [1.82, 2.24) is 4.31 Å². The molecular weight excluding hydrogens is 310 g/mol. The van der Waals surface area contributed by atoms with Gasteiger partial charge < -0.3 is 9.47 Å². The van der Waals surface area contributed by atoms with E-state index in [4.69, 9.17) is 9.47 Å². The van der Waals surface area contributed by atoms with Crippen LogP contribution in [0, 0.1) is 0 Å². The zero-order valence-electron chi connectivity index (χ0n) is 12.8. The maximum Gasteiger partial charge on any atom is 0.268 e. The molecule has 1 aliphatic heterocycles. The number of fused-ring (bicyclic) bond motifs is 1. The van der Waals surface area contributed by atoms with Crippen LogP contribution >= 0.6 is 0 Å². The molecule has 0 saturated heterocycles. The Morgan fingerprint density at radius 3 is 2.10 bits per heavy atom. The van der Waals surface area contributed by atoms with Gasteiger partial charge in [-0.1, -0.05) is 19.6 Å². The molecule has 0 fully saturated rings. The van der Waals surface area contributed by atoms with Crippen LogP contribution in [0.5, 0.6) is 11.5 Å². The minimum Gasteiger partial charge on any atom is -0.493 e. The fraction of sp³-hybridized carbons (Fsp3) is 0.462. The number of benzene rings is 1. The first kappa shape index (κ1) is 15.8. The van der Waals surface area contributed by atoms with E-state index >= 15 is 0 Å². The van der Waals surface area contributed by atoms with Crippen molar-refractivity contribution < 1.29 is 22.7 Å². The molecule has 21 heavy (non-hydrogen) atoms. The normalized spacial score (nSPS) is 16.8. The Bertz CT molecular complexity index is 693. The summed E-state index contributed by atoms with van der Waals surface area (Å²) >= 11 is 0. The molecule has 1 aliphatic rings. The lowest BCUT2D eigenvalue weighted by molar-refractivity contribution is 0.0883. The third kappa shape index (κ3) is 2.65. The molecule has 1 aromatic carbocycles. The van der Waals surface area contributed by atoms with Crippen LogP contribution in [0.25, 0.3) is 0 Å². The molecule has 0 bridgehead atoms. The molecule has 1 heterocycles. The van der Waals surface area contributed by atoms with Crippen molar-refractivity contribution in [2.45, 2.75) is 24.5 Å². The van der Waals surface area contributed by atoms with Gasteiger partial charge in [-0.15, -0.1) is 0 Å². The summed E-state index contributed by atoms with van der Waals surface area (Å²) in [4.78, 5) is 12.4. The maximum atomic E-state index is 12.6. The van der Waals surface area contributed by atoms with Crippen LogP contribution in [-0.2, 0) is 10.0 Å². The minimum absolute atomic E-state index is 0.0107. The molecule has 0 unspecified atom stereocenters. The smallest absolute Gasteiger partial charge is 0.268 e. The number of sulfonamides is 1. The Balaban J connectivity index is 2.60. The van der Waals surface area contributed by atoms with Gasteiger partial charge in [-0.2, -0.15) is 0 Å². The lowest BCUT2D eigenvalue weighted by atomic mass is 10.2. The number of nitrogens with zero attached hydrogens (tertiary/aromatic N) is 1. The molecule has 2 rings (SSSR count). The van der Waals surface area contributed by atoms with Gasteiger partial charge in [-0.05, 0) is 6.07 Å². The van der Waals surface area contributed by atoms with E-state index in [9.17, 15) is 13.2 Å². The van der Waals surface area contributed by atoms with Gasteiger partial charge >= 0.3 is 0 Å². The summed E-state index contributed by atoms with van der Waals surface area (Å²) < 4.78 is 36.4. The summed E-state index contributed by atoms with van der Waals surface area (Å²) in [6.07, 6.45) is 0.257. The number of carbonyl (C=O) groups excluding carboxylic acids is 1. The van der Waals surface area contributed by atoms with E-state index in [0.717, 1.165) is 4.31 Å². The van der Waals surface area contributed by atoms with Crippen molar-refractivity contribution in [1.29, 1.82) is 0 Å². The first-order valence-corrected chi connectivity index (χ1v) is 11.6. The number of carbonyl (C=O) groups is 1. The standard InChI is InChI=1S/C13H19NO5SSi/c1-18-10-6-9-12(7-11(10)19-2)20(16,17)14(13(9)15)8-21(3,4)5/h6-7H,8H2,1-5H3. The molecular formula is C13H19NO5SSi. The molecule has 0 aromatic heterocycles. The van der Waals surface area contributed by atoms with E-state index < -0.39 is 24.0 Å². The Hall–Kier alpha value is -1.54. The van der Waals surface area contributed by atoms with E-state index in [0.29, 0.717) is 11.5 Å². The molecule has 0 aliphatic carbocycles. The van der Waals surface area contributed by atoms with Crippen LogP contribution in [0.4, 0.5) is 0 Å². The molecule has 8 heteroatoms. The minimum atomic E-state index is -3.80. The number of rotatable bonds is 4. The fourth-order valence-corrected chi connectivity index (χ4v) is 6.27. The van der Waals surface area contributed by atoms with E-state index in [1.807, 2.05) is 19.6 Å². The average Bonchev–Trinajstić information content (AvgIpc) is 2.57. The molecule has 6 nitrogen and oxygen atoms in total. The summed E-state index contributed by atoms with van der Waals surface area (Å²) in [5, 5.41) is 0. The van der Waals surface area contributed by atoms with Crippen LogP contribution in [0.2, 0.25) is 19.6 Å². The van der Waals surface area contributed by atoms with Gasteiger partial charge in [0.05, 0.1) is 27.9 Å². The second-order valence-electron chi connectivity index (χ2n) is 6.08. The van der Waals surface area contributed by atoms with E-state index in [2.05, 4.69) is 0 Å². The van der Waals surface area contributed by atoms with Crippen molar-refractivity contribution in [2.75, 3.05) is 20.4 Å². The lowest BCUT2D eigenvalue weighted by Gasteiger charge is -2.23. The predicted octanol–water partition coefficient (Wildman–Crippen LogP) is 1.73. The van der Waals surface area contributed by atoms with Gasteiger partial charge in [0.15, 0.2) is 11.5 Å². The highest BCUT2D eigenvalue weighted by molar-refractivity contribution is 7.90. The fourth-order valence-electron chi connectivity index (χ4n) is 2.19. The van der Waals surface area contributed by atoms with Gasteiger partial charge in [0.25, 0.3) is 15.9 Å². The highest BCUT2D eigenvalue weighted by Gasteiger charge is 2.44. The van der Waals surface area contributed by atoms with Crippen molar-refractivity contribution in [3.05, 3.63) is 17.7 Å². The maximum absolute atomic E-state index is 12.6. The first-order chi connectivity index (χ1) is 9.61. The largest absolute Gasteiger partial charge is 0.493 e. The molecule has 1 aromatic rings. The van der Waals surface area contributed by atoms with Gasteiger partial charge in [0, 0.05) is 12.2 Å². The molecule has 0 spiro atoms. The summed E-state index contributed by atoms with van der Waals surface area (Å²) in [7, 11) is -2.71. The zero-order chi connectivity index (χ0) is 16.0. The van der Waals surface area contributed by atoms with Crippen LogP contribution in [0.1, 0.15) is 10.4 Å². The second kappa shape index (κ2) is 5.02. The van der Waals surface area contributed by atoms with Crippen molar-refractivity contribution in [3.8, 4) is 11.5 Å². The number of methoxy groups -OCH3 is 2. The van der Waals surface area contributed by atoms with Crippen molar-refractivity contribution in [3.63, 3.8) is 0 Å². The second-order valence-corrected chi connectivity index (χ2v) is 13.3. The summed E-state index contributed by atoms with van der Waals surface area (Å²) in [6.45, 7) is 6.04. The quantitative estimate of drug-likeness (QED) is 0.787. The summed E-state index contributed by atoms with van der Waals surface area (Å²) in [5.41, 5.74) is 0.144. The number of hydrogen-bond acceptors (Lipinski definition) is 5. The van der Waals surface area contributed by atoms with Crippen LogP contribution in [-0.4, -0.2) is 47.1 Å². The third-order valence-corrected chi connectivity index (χ3v) is 6.39. The zero-order valence-corrected chi connectivity index (χ0v) is 14.6. The Morgan fingerprint density at radius 2 is 1.62 bits per heavy atom. The average molecular weight is 329 g/mol. The van der Waals surface area contributed by atoms with Gasteiger partial charge in [-0.25, -0.2) is 12.7 Å². The van der Waals surface area contributed by atoms with Crippen LogP contribution < -0.4 is 9.47 Å². The number of ether oxygens (including phenoxy) is 2. The highest BCUT2D eigenvalue weighted by Crippen LogP contribution is 2.39. The molecule has 0 saturated carbocycles. The van der Waals surface area contributed by atoms with Crippen LogP contribution in [0.15, 0.2) is 17.0 Å². The van der Waals surface area contributed by atoms with Crippen LogP contribution in [0.3, 0.4) is 0 Å². The Morgan fingerprint density at radius 1 is 1.10 bits per heavy atom. The monoisotopic (exact) mass is 329 g/mol. The Kier molecular flexibility index (Phi) is 3.79. The molecule has 0 radical (unpaired) electrons. The molecule has 0 N–H and O–H groups in total. The van der Waals surface area contributed by atoms with Crippen molar-refractivity contribution in [2.24, 2.45) is 0 Å². The third-order valence-electron chi connectivity index (χ3n) is 3.13. The first-order valence-electron chi connectivity index (χ1n) is 6.45. The summed E-state index contributed by atoms with van der Waals surface area (Å²) in [6, 6.07) is 2.78. The SMILES string of the molecule is COc1cc2c(cc1OC)S(=O)(=O)N(C[Si](C)(C)C)C2=O.